The molecule has 2 unspecified atom stereocenters. The smallest absolute Gasteiger partial charge is 0.244 e. The SMILES string of the molecule is CC1CCCN(C(C)CNC(=O)/C=C/c2cn(Cc3ccccc3)nn2)C1. The van der Waals surface area contributed by atoms with Crippen LogP contribution in [0, 0.1) is 5.92 Å². The first-order valence-corrected chi connectivity index (χ1v) is 9.74. The molecule has 0 saturated carbocycles. The summed E-state index contributed by atoms with van der Waals surface area (Å²) in [6.07, 6.45) is 7.63. The second-order valence-electron chi connectivity index (χ2n) is 7.50. The molecule has 1 aliphatic rings. The molecule has 1 aliphatic heterocycles. The van der Waals surface area contributed by atoms with Crippen LogP contribution in [0.15, 0.2) is 42.6 Å². The Labute approximate surface area is 161 Å². The minimum atomic E-state index is -0.0930. The zero-order valence-corrected chi connectivity index (χ0v) is 16.2. The molecule has 0 bridgehead atoms. The Bertz CT molecular complexity index is 755. The second-order valence-corrected chi connectivity index (χ2v) is 7.50. The van der Waals surface area contributed by atoms with E-state index in [9.17, 15) is 4.79 Å². The lowest BCUT2D eigenvalue weighted by Gasteiger charge is -2.35. The Kier molecular flexibility index (Phi) is 6.76. The summed E-state index contributed by atoms with van der Waals surface area (Å²) in [6, 6.07) is 10.5. The minimum absolute atomic E-state index is 0.0930. The van der Waals surface area contributed by atoms with Gasteiger partial charge in [-0.15, -0.1) is 5.10 Å². The lowest BCUT2D eigenvalue weighted by molar-refractivity contribution is -0.116. The van der Waals surface area contributed by atoms with E-state index in [0.717, 1.165) is 24.6 Å². The lowest BCUT2D eigenvalue weighted by Crippen LogP contribution is -2.46. The number of likely N-dealkylation sites (tertiary alicyclic amines) is 1. The molecule has 0 spiro atoms. The van der Waals surface area contributed by atoms with Gasteiger partial charge in [-0.2, -0.15) is 0 Å². The van der Waals surface area contributed by atoms with Crippen LogP contribution < -0.4 is 5.32 Å². The second kappa shape index (κ2) is 9.46. The number of benzene rings is 1. The van der Waals surface area contributed by atoms with Gasteiger partial charge in [0.2, 0.25) is 5.91 Å². The first-order chi connectivity index (χ1) is 13.1. The average Bonchev–Trinajstić information content (AvgIpc) is 3.12. The minimum Gasteiger partial charge on any atom is -0.351 e. The molecule has 6 heteroatoms. The van der Waals surface area contributed by atoms with Crippen molar-refractivity contribution in [1.82, 2.24) is 25.2 Å². The number of carbonyl (C=O) groups excluding carboxylic acids is 1. The molecule has 1 saturated heterocycles. The van der Waals surface area contributed by atoms with Gasteiger partial charge in [0.05, 0.1) is 12.7 Å². The third-order valence-corrected chi connectivity index (χ3v) is 5.03. The molecule has 2 aromatic rings. The maximum absolute atomic E-state index is 12.1. The van der Waals surface area contributed by atoms with E-state index in [1.807, 2.05) is 24.4 Å². The van der Waals surface area contributed by atoms with E-state index in [2.05, 4.69) is 46.5 Å². The summed E-state index contributed by atoms with van der Waals surface area (Å²) in [5.41, 5.74) is 1.84. The molecular formula is C21H29N5O. The molecule has 0 aliphatic carbocycles. The fourth-order valence-corrected chi connectivity index (χ4v) is 3.46. The van der Waals surface area contributed by atoms with Gasteiger partial charge in [0.1, 0.15) is 5.69 Å². The van der Waals surface area contributed by atoms with Gasteiger partial charge in [-0.05, 0) is 43.9 Å². The molecule has 6 nitrogen and oxygen atoms in total. The number of rotatable bonds is 7. The van der Waals surface area contributed by atoms with E-state index in [0.29, 0.717) is 24.8 Å². The summed E-state index contributed by atoms with van der Waals surface area (Å²) in [5.74, 6) is 0.653. The average molecular weight is 367 g/mol. The molecule has 1 amide bonds. The first-order valence-electron chi connectivity index (χ1n) is 9.74. The summed E-state index contributed by atoms with van der Waals surface area (Å²) in [4.78, 5) is 14.6. The van der Waals surface area contributed by atoms with Crippen LogP contribution in [0.25, 0.3) is 6.08 Å². The Hall–Kier alpha value is -2.47. The highest BCUT2D eigenvalue weighted by Crippen LogP contribution is 2.17. The van der Waals surface area contributed by atoms with Gasteiger partial charge < -0.3 is 5.32 Å². The zero-order valence-electron chi connectivity index (χ0n) is 16.2. The normalized spacial score (nSPS) is 19.3. The predicted octanol–water partition coefficient (Wildman–Crippen LogP) is 2.58. The molecule has 1 fully saturated rings. The molecule has 3 rings (SSSR count). The summed E-state index contributed by atoms with van der Waals surface area (Å²) in [6.45, 7) is 8.05. The van der Waals surface area contributed by atoms with Gasteiger partial charge in [-0.25, -0.2) is 4.68 Å². The summed E-state index contributed by atoms with van der Waals surface area (Å²) >= 11 is 0. The van der Waals surface area contributed by atoms with Gasteiger partial charge in [0.25, 0.3) is 0 Å². The Morgan fingerprint density at radius 2 is 2.19 bits per heavy atom. The maximum atomic E-state index is 12.1. The highest BCUT2D eigenvalue weighted by molar-refractivity contribution is 5.91. The van der Waals surface area contributed by atoms with Crippen molar-refractivity contribution in [2.75, 3.05) is 19.6 Å². The van der Waals surface area contributed by atoms with Gasteiger partial charge in [0, 0.05) is 25.2 Å². The Morgan fingerprint density at radius 1 is 1.37 bits per heavy atom. The van der Waals surface area contributed by atoms with E-state index in [1.165, 1.54) is 18.9 Å². The lowest BCUT2D eigenvalue weighted by atomic mass is 9.99. The Morgan fingerprint density at radius 3 is 2.96 bits per heavy atom. The molecule has 2 heterocycles. The fourth-order valence-electron chi connectivity index (χ4n) is 3.46. The third-order valence-electron chi connectivity index (χ3n) is 5.03. The Balaban J connectivity index is 1.44. The number of aromatic nitrogens is 3. The van der Waals surface area contributed by atoms with Crippen molar-refractivity contribution >= 4 is 12.0 Å². The maximum Gasteiger partial charge on any atom is 0.244 e. The van der Waals surface area contributed by atoms with Crippen LogP contribution in [0.5, 0.6) is 0 Å². The van der Waals surface area contributed by atoms with E-state index in [4.69, 9.17) is 0 Å². The van der Waals surface area contributed by atoms with Crippen LogP contribution in [-0.4, -0.2) is 51.5 Å². The summed E-state index contributed by atoms with van der Waals surface area (Å²) < 4.78 is 1.77. The van der Waals surface area contributed by atoms with Crippen LogP contribution >= 0.6 is 0 Å². The van der Waals surface area contributed by atoms with Crippen molar-refractivity contribution in [1.29, 1.82) is 0 Å². The molecular weight excluding hydrogens is 338 g/mol. The number of carbonyl (C=O) groups is 1. The highest BCUT2D eigenvalue weighted by Gasteiger charge is 2.20. The summed E-state index contributed by atoms with van der Waals surface area (Å²) in [7, 11) is 0. The van der Waals surface area contributed by atoms with E-state index < -0.39 is 0 Å². The van der Waals surface area contributed by atoms with Gasteiger partial charge in [-0.3, -0.25) is 9.69 Å². The van der Waals surface area contributed by atoms with Crippen molar-refractivity contribution in [2.45, 2.75) is 39.3 Å². The van der Waals surface area contributed by atoms with Crippen molar-refractivity contribution in [3.63, 3.8) is 0 Å². The monoisotopic (exact) mass is 367 g/mol. The highest BCUT2D eigenvalue weighted by atomic mass is 16.1. The largest absolute Gasteiger partial charge is 0.351 e. The van der Waals surface area contributed by atoms with Crippen LogP contribution in [-0.2, 0) is 11.3 Å². The fraction of sp³-hybridized carbons (Fsp3) is 0.476. The third kappa shape index (κ3) is 6.03. The van der Waals surface area contributed by atoms with E-state index >= 15 is 0 Å². The number of hydrogen-bond donors (Lipinski definition) is 1. The standard InChI is InChI=1S/C21H29N5O/c1-17-7-6-12-25(14-17)18(2)13-22-21(27)11-10-20-16-26(24-23-20)15-19-8-4-3-5-9-19/h3-5,8-11,16-18H,6-7,12-15H2,1-2H3,(H,22,27)/b11-10+. The predicted molar refractivity (Wildman–Crippen MR) is 107 cm³/mol. The van der Waals surface area contributed by atoms with Gasteiger partial charge in [0.15, 0.2) is 0 Å². The molecule has 27 heavy (non-hydrogen) atoms. The molecule has 144 valence electrons. The zero-order chi connectivity index (χ0) is 19.1. The number of amides is 1. The van der Waals surface area contributed by atoms with Crippen LogP contribution in [0.2, 0.25) is 0 Å². The topological polar surface area (TPSA) is 63.1 Å². The van der Waals surface area contributed by atoms with Crippen molar-refractivity contribution < 1.29 is 4.79 Å². The van der Waals surface area contributed by atoms with E-state index in [1.54, 1.807) is 10.8 Å². The quantitative estimate of drug-likeness (QED) is 0.764. The van der Waals surface area contributed by atoms with Crippen LogP contribution in [0.3, 0.4) is 0 Å². The number of hydrogen-bond acceptors (Lipinski definition) is 4. The molecule has 0 radical (unpaired) electrons. The summed E-state index contributed by atoms with van der Waals surface area (Å²) in [5, 5.41) is 11.2. The van der Waals surface area contributed by atoms with Gasteiger partial charge >= 0.3 is 0 Å². The number of piperidine rings is 1. The van der Waals surface area contributed by atoms with Crippen LogP contribution in [0.1, 0.15) is 37.9 Å². The van der Waals surface area contributed by atoms with Crippen molar-refractivity contribution in [3.8, 4) is 0 Å². The number of nitrogens with zero attached hydrogens (tertiary/aromatic N) is 4. The van der Waals surface area contributed by atoms with Crippen LogP contribution in [0.4, 0.5) is 0 Å². The number of nitrogens with one attached hydrogen (secondary N) is 1. The van der Waals surface area contributed by atoms with E-state index in [-0.39, 0.29) is 5.91 Å². The molecule has 1 aromatic heterocycles. The first kappa shape index (κ1) is 19.3. The van der Waals surface area contributed by atoms with Crippen molar-refractivity contribution in [3.05, 3.63) is 53.9 Å². The van der Waals surface area contributed by atoms with Gasteiger partial charge in [-0.1, -0.05) is 42.5 Å². The molecule has 1 aromatic carbocycles. The molecule has 1 N–H and O–H groups in total. The molecule has 2 atom stereocenters. The van der Waals surface area contributed by atoms with Crippen molar-refractivity contribution in [2.24, 2.45) is 5.92 Å².